The van der Waals surface area contributed by atoms with Gasteiger partial charge in [0, 0.05) is 5.75 Å². The fourth-order valence-corrected chi connectivity index (χ4v) is 3.31. The number of hydrogen-bond donors (Lipinski definition) is 2. The molecule has 2 rings (SSSR count). The van der Waals surface area contributed by atoms with Crippen molar-refractivity contribution in [2.75, 3.05) is 12.4 Å². The van der Waals surface area contributed by atoms with Crippen LogP contribution in [0.25, 0.3) is 10.2 Å². The van der Waals surface area contributed by atoms with E-state index in [1.807, 2.05) is 24.3 Å². The number of terminal acetylenes is 1. The molecule has 5 heteroatoms. The van der Waals surface area contributed by atoms with E-state index in [-0.39, 0.29) is 5.75 Å². The molecule has 0 unspecified atom stereocenters. The molecule has 0 radical (unpaired) electrons. The molecule has 0 aliphatic carbocycles. The van der Waals surface area contributed by atoms with Gasteiger partial charge in [0.05, 0.1) is 16.8 Å². The van der Waals surface area contributed by atoms with Gasteiger partial charge in [-0.15, -0.1) is 17.8 Å². The summed E-state index contributed by atoms with van der Waals surface area (Å²) in [6.07, 6.45) is 5.17. The molecule has 0 aliphatic heterocycles. The summed E-state index contributed by atoms with van der Waals surface area (Å²) < 4.78 is 1.94. The van der Waals surface area contributed by atoms with Gasteiger partial charge in [0.25, 0.3) is 0 Å². The highest BCUT2D eigenvalue weighted by Crippen LogP contribution is 2.30. The predicted molar refractivity (Wildman–Crippen MR) is 71.2 cm³/mol. The fraction of sp³-hybridized carbons (Fsp3) is 0.250. The Bertz CT molecular complexity index is 528. The first kappa shape index (κ1) is 12.4. The van der Waals surface area contributed by atoms with E-state index in [1.54, 1.807) is 11.3 Å². The van der Waals surface area contributed by atoms with Crippen molar-refractivity contribution >= 4 is 33.3 Å². The molecule has 0 saturated heterocycles. The van der Waals surface area contributed by atoms with Gasteiger partial charge in [0.2, 0.25) is 0 Å². The van der Waals surface area contributed by atoms with Gasteiger partial charge in [-0.25, -0.2) is 4.98 Å². The first-order valence-corrected chi connectivity index (χ1v) is 6.76. The van der Waals surface area contributed by atoms with Crippen molar-refractivity contribution < 1.29 is 10.2 Å². The van der Waals surface area contributed by atoms with Crippen LogP contribution in [0.1, 0.15) is 0 Å². The number of para-hydroxylation sites is 1. The van der Waals surface area contributed by atoms with E-state index in [0.29, 0.717) is 0 Å². The summed E-state index contributed by atoms with van der Waals surface area (Å²) in [4.78, 5) is 4.40. The van der Waals surface area contributed by atoms with Gasteiger partial charge in [0.1, 0.15) is 0 Å². The number of thioether (sulfide) groups is 1. The molecular formula is C12H11NO2S2. The molecule has 17 heavy (non-hydrogen) atoms. The van der Waals surface area contributed by atoms with E-state index >= 15 is 0 Å². The van der Waals surface area contributed by atoms with Gasteiger partial charge in [-0.1, -0.05) is 29.8 Å². The molecule has 1 aromatic heterocycles. The number of fused-ring (bicyclic) bond motifs is 1. The van der Waals surface area contributed by atoms with Crippen molar-refractivity contribution in [2.24, 2.45) is 0 Å². The second-order valence-corrected chi connectivity index (χ2v) is 5.82. The smallest absolute Gasteiger partial charge is 0.157 e. The van der Waals surface area contributed by atoms with Crippen LogP contribution in [-0.2, 0) is 0 Å². The van der Waals surface area contributed by atoms with Gasteiger partial charge in [-0.3, -0.25) is 0 Å². The minimum atomic E-state index is -1.47. The summed E-state index contributed by atoms with van der Waals surface area (Å²) in [7, 11) is 0. The predicted octanol–water partition coefficient (Wildman–Crippen LogP) is 1.74. The van der Waals surface area contributed by atoms with Gasteiger partial charge in [-0.2, -0.15) is 0 Å². The van der Waals surface area contributed by atoms with Crippen LogP contribution < -0.4 is 0 Å². The molecule has 1 aromatic carbocycles. The van der Waals surface area contributed by atoms with E-state index < -0.39 is 12.2 Å². The lowest BCUT2D eigenvalue weighted by atomic mass is 10.1. The quantitative estimate of drug-likeness (QED) is 0.653. The molecule has 0 saturated carbocycles. The second-order valence-electron chi connectivity index (χ2n) is 3.57. The maximum absolute atomic E-state index is 9.73. The molecule has 88 valence electrons. The van der Waals surface area contributed by atoms with Crippen LogP contribution in [-0.4, -0.2) is 33.2 Å². The van der Waals surface area contributed by atoms with Crippen LogP contribution in [0.4, 0.5) is 0 Å². The van der Waals surface area contributed by atoms with Crippen molar-refractivity contribution in [3.05, 3.63) is 24.3 Å². The number of rotatable bonds is 4. The Labute approximate surface area is 108 Å². The first-order valence-electron chi connectivity index (χ1n) is 4.96. The zero-order valence-electron chi connectivity index (χ0n) is 8.96. The Balaban J connectivity index is 2.12. The lowest BCUT2D eigenvalue weighted by Crippen LogP contribution is -2.34. The molecule has 0 amide bonds. The zero-order valence-corrected chi connectivity index (χ0v) is 10.6. The second kappa shape index (κ2) is 5.07. The van der Waals surface area contributed by atoms with Crippen LogP contribution in [0.3, 0.4) is 0 Å². The number of hydrogen-bond acceptors (Lipinski definition) is 5. The molecule has 0 spiro atoms. The Morgan fingerprint density at radius 2 is 2.24 bits per heavy atom. The minimum Gasteiger partial charge on any atom is -0.392 e. The number of aliphatic hydroxyl groups is 2. The van der Waals surface area contributed by atoms with Crippen molar-refractivity contribution in [1.82, 2.24) is 4.98 Å². The summed E-state index contributed by atoms with van der Waals surface area (Å²) in [5.41, 5.74) is -0.532. The SMILES string of the molecule is C#C[C@@](O)(CO)CSc1nc2ccccc2s1. The molecule has 0 aliphatic rings. The Morgan fingerprint density at radius 1 is 1.47 bits per heavy atom. The Morgan fingerprint density at radius 3 is 2.88 bits per heavy atom. The summed E-state index contributed by atoms with van der Waals surface area (Å²) in [6.45, 7) is -0.443. The monoisotopic (exact) mass is 265 g/mol. The number of benzene rings is 1. The summed E-state index contributed by atoms with van der Waals surface area (Å²) >= 11 is 2.91. The van der Waals surface area contributed by atoms with Crippen LogP contribution in [0, 0.1) is 12.3 Å². The molecule has 3 nitrogen and oxygen atoms in total. The summed E-state index contributed by atoms with van der Waals surface area (Å²) in [5, 5.41) is 18.7. The topological polar surface area (TPSA) is 53.4 Å². The highest BCUT2D eigenvalue weighted by Gasteiger charge is 2.23. The normalized spacial score (nSPS) is 14.4. The van der Waals surface area contributed by atoms with Crippen molar-refractivity contribution in [2.45, 2.75) is 9.94 Å². The lowest BCUT2D eigenvalue weighted by Gasteiger charge is -2.17. The molecule has 1 atom stereocenters. The summed E-state index contributed by atoms with van der Waals surface area (Å²) in [5.74, 6) is 2.43. The number of aromatic nitrogens is 1. The molecule has 0 fully saturated rings. The average molecular weight is 265 g/mol. The molecule has 1 heterocycles. The Hall–Kier alpha value is -1.06. The van der Waals surface area contributed by atoms with E-state index in [9.17, 15) is 5.11 Å². The van der Waals surface area contributed by atoms with Gasteiger partial charge >= 0.3 is 0 Å². The van der Waals surface area contributed by atoms with Crippen molar-refractivity contribution in [3.63, 3.8) is 0 Å². The number of nitrogens with zero attached hydrogens (tertiary/aromatic N) is 1. The average Bonchev–Trinajstić information content (AvgIpc) is 2.79. The van der Waals surface area contributed by atoms with Gasteiger partial charge in [-0.05, 0) is 12.1 Å². The number of aliphatic hydroxyl groups excluding tert-OH is 1. The molecule has 0 bridgehead atoms. The highest BCUT2D eigenvalue weighted by atomic mass is 32.2. The van der Waals surface area contributed by atoms with Gasteiger partial charge < -0.3 is 10.2 Å². The fourth-order valence-electron chi connectivity index (χ4n) is 1.23. The Kier molecular flexibility index (Phi) is 3.69. The van der Waals surface area contributed by atoms with E-state index in [4.69, 9.17) is 11.5 Å². The van der Waals surface area contributed by atoms with Crippen LogP contribution >= 0.6 is 23.1 Å². The van der Waals surface area contributed by atoms with Crippen molar-refractivity contribution in [3.8, 4) is 12.3 Å². The molecular weight excluding hydrogens is 254 g/mol. The zero-order chi connectivity index (χ0) is 12.3. The minimum absolute atomic E-state index is 0.236. The molecule has 2 N–H and O–H groups in total. The maximum Gasteiger partial charge on any atom is 0.157 e. The van der Waals surface area contributed by atoms with Crippen LogP contribution in [0.2, 0.25) is 0 Å². The summed E-state index contributed by atoms with van der Waals surface area (Å²) in [6, 6.07) is 7.83. The highest BCUT2D eigenvalue weighted by molar-refractivity contribution is 8.01. The number of thiazole rings is 1. The van der Waals surface area contributed by atoms with Crippen LogP contribution in [0.15, 0.2) is 28.6 Å². The van der Waals surface area contributed by atoms with E-state index in [0.717, 1.165) is 14.6 Å². The van der Waals surface area contributed by atoms with Crippen molar-refractivity contribution in [1.29, 1.82) is 0 Å². The first-order chi connectivity index (χ1) is 8.17. The standard InChI is InChI=1S/C12H11NO2S2/c1-2-12(15,7-14)8-16-11-13-9-5-3-4-6-10(9)17-11/h1,3-6,14-15H,7-8H2/t12-/m1/s1. The lowest BCUT2D eigenvalue weighted by molar-refractivity contribution is 0.0560. The molecule has 2 aromatic rings. The maximum atomic E-state index is 9.73. The van der Waals surface area contributed by atoms with E-state index in [1.165, 1.54) is 11.8 Å². The third kappa shape index (κ3) is 2.79. The van der Waals surface area contributed by atoms with Gasteiger partial charge in [0.15, 0.2) is 9.94 Å². The largest absolute Gasteiger partial charge is 0.392 e. The third-order valence-electron chi connectivity index (χ3n) is 2.24. The van der Waals surface area contributed by atoms with Crippen LogP contribution in [0.5, 0.6) is 0 Å². The van der Waals surface area contributed by atoms with E-state index in [2.05, 4.69) is 10.9 Å². The third-order valence-corrected chi connectivity index (χ3v) is 4.63.